The standard InChI is InChI=1S/C9H10F3N3O3S2/c1-14-20(16,17)5-2-3-7(18-9(10,11)12)6(4-5)15-8(13)19/h2-4,14H,1H3,(H3,13,15,19). The molecule has 0 fully saturated rings. The Morgan fingerprint density at radius 2 is 2.00 bits per heavy atom. The molecule has 112 valence electrons. The normalized spacial score (nSPS) is 12.0. The van der Waals surface area contributed by atoms with Crippen molar-refractivity contribution in [1.82, 2.24) is 4.72 Å². The molecule has 1 aromatic rings. The highest BCUT2D eigenvalue weighted by molar-refractivity contribution is 7.89. The molecule has 0 bridgehead atoms. The first-order chi connectivity index (χ1) is 9.05. The number of ether oxygens (including phenoxy) is 1. The summed E-state index contributed by atoms with van der Waals surface area (Å²) in [7, 11) is -2.67. The van der Waals surface area contributed by atoms with E-state index in [-0.39, 0.29) is 15.7 Å². The van der Waals surface area contributed by atoms with Crippen LogP contribution in [0.1, 0.15) is 0 Å². The molecule has 1 aromatic carbocycles. The van der Waals surface area contributed by atoms with E-state index in [2.05, 4.69) is 22.3 Å². The summed E-state index contributed by atoms with van der Waals surface area (Å²) in [6, 6.07) is 2.72. The summed E-state index contributed by atoms with van der Waals surface area (Å²) in [6.07, 6.45) is -4.93. The van der Waals surface area contributed by atoms with Gasteiger partial charge in [0.15, 0.2) is 10.9 Å². The zero-order valence-corrected chi connectivity index (χ0v) is 11.6. The van der Waals surface area contributed by atoms with Crippen LogP contribution >= 0.6 is 12.2 Å². The van der Waals surface area contributed by atoms with Crippen molar-refractivity contribution in [2.45, 2.75) is 11.3 Å². The third-order valence-electron chi connectivity index (χ3n) is 2.01. The number of benzene rings is 1. The lowest BCUT2D eigenvalue weighted by atomic mass is 10.3. The van der Waals surface area contributed by atoms with Gasteiger partial charge in [-0.05, 0) is 37.5 Å². The number of nitrogens with one attached hydrogen (secondary N) is 2. The van der Waals surface area contributed by atoms with Crippen LogP contribution in [0.5, 0.6) is 5.75 Å². The minimum atomic E-state index is -4.93. The quantitative estimate of drug-likeness (QED) is 0.718. The number of hydrogen-bond acceptors (Lipinski definition) is 4. The van der Waals surface area contributed by atoms with Crippen molar-refractivity contribution in [1.29, 1.82) is 0 Å². The Hall–Kier alpha value is -1.59. The van der Waals surface area contributed by atoms with Crippen LogP contribution in [-0.4, -0.2) is 26.9 Å². The van der Waals surface area contributed by atoms with Crippen LogP contribution in [0.2, 0.25) is 0 Å². The van der Waals surface area contributed by atoms with E-state index in [9.17, 15) is 21.6 Å². The van der Waals surface area contributed by atoms with E-state index >= 15 is 0 Å². The molecule has 0 amide bonds. The molecule has 0 unspecified atom stereocenters. The fourth-order valence-electron chi connectivity index (χ4n) is 1.24. The number of rotatable bonds is 4. The molecule has 0 spiro atoms. The molecular weight excluding hydrogens is 319 g/mol. The number of thiocarbonyl (C=S) groups is 1. The van der Waals surface area contributed by atoms with Gasteiger partial charge >= 0.3 is 6.36 Å². The van der Waals surface area contributed by atoms with Gasteiger partial charge < -0.3 is 15.8 Å². The number of anilines is 1. The maximum absolute atomic E-state index is 12.2. The van der Waals surface area contributed by atoms with E-state index in [1.54, 1.807) is 0 Å². The molecule has 4 N–H and O–H groups in total. The molecule has 0 saturated carbocycles. The second kappa shape index (κ2) is 5.81. The van der Waals surface area contributed by atoms with Crippen LogP contribution in [-0.2, 0) is 10.0 Å². The van der Waals surface area contributed by atoms with E-state index < -0.39 is 22.1 Å². The summed E-state index contributed by atoms with van der Waals surface area (Å²) < 4.78 is 65.5. The van der Waals surface area contributed by atoms with Crippen LogP contribution in [0.4, 0.5) is 18.9 Å². The van der Waals surface area contributed by atoms with Crippen molar-refractivity contribution in [2.24, 2.45) is 5.73 Å². The molecule has 0 heterocycles. The van der Waals surface area contributed by atoms with Crippen molar-refractivity contribution >= 4 is 33.0 Å². The van der Waals surface area contributed by atoms with Crippen LogP contribution < -0.4 is 20.5 Å². The van der Waals surface area contributed by atoms with Gasteiger partial charge in [0.1, 0.15) is 0 Å². The summed E-state index contributed by atoms with van der Waals surface area (Å²) in [6.45, 7) is 0. The maximum atomic E-state index is 12.2. The first-order valence-electron chi connectivity index (χ1n) is 4.95. The molecule has 11 heteroatoms. The molecule has 0 saturated heterocycles. The Morgan fingerprint density at radius 1 is 1.40 bits per heavy atom. The van der Waals surface area contributed by atoms with Crippen LogP contribution in [0.25, 0.3) is 0 Å². The fourth-order valence-corrected chi connectivity index (χ4v) is 2.10. The Bertz CT molecular complexity index is 617. The van der Waals surface area contributed by atoms with Gasteiger partial charge in [0, 0.05) is 0 Å². The molecule has 0 aliphatic carbocycles. The molecule has 0 aromatic heterocycles. The monoisotopic (exact) mass is 329 g/mol. The number of hydrogen-bond donors (Lipinski definition) is 3. The van der Waals surface area contributed by atoms with Crippen molar-refractivity contribution in [3.8, 4) is 5.75 Å². The smallest absolute Gasteiger partial charge is 0.404 e. The molecule has 0 aliphatic heterocycles. The second-order valence-electron chi connectivity index (χ2n) is 3.40. The first-order valence-corrected chi connectivity index (χ1v) is 6.84. The van der Waals surface area contributed by atoms with E-state index in [1.165, 1.54) is 0 Å². The molecule has 6 nitrogen and oxygen atoms in total. The summed E-state index contributed by atoms with van der Waals surface area (Å²) >= 11 is 4.51. The van der Waals surface area contributed by atoms with Crippen molar-refractivity contribution in [3.05, 3.63) is 18.2 Å². The highest BCUT2D eigenvalue weighted by Crippen LogP contribution is 2.32. The predicted octanol–water partition coefficient (Wildman–Crippen LogP) is 1.15. The van der Waals surface area contributed by atoms with Gasteiger partial charge in [-0.2, -0.15) is 0 Å². The SMILES string of the molecule is CNS(=O)(=O)c1ccc(OC(F)(F)F)c(NC(N)=S)c1. The number of sulfonamides is 1. The number of nitrogens with two attached hydrogens (primary N) is 1. The summed E-state index contributed by atoms with van der Waals surface area (Å²) in [4.78, 5) is -0.270. The zero-order valence-electron chi connectivity index (χ0n) is 9.98. The number of halogens is 3. The number of alkyl halides is 3. The molecule has 1 rings (SSSR count). The van der Waals surface area contributed by atoms with Gasteiger partial charge in [-0.25, -0.2) is 13.1 Å². The highest BCUT2D eigenvalue weighted by Gasteiger charge is 2.32. The van der Waals surface area contributed by atoms with E-state index in [4.69, 9.17) is 5.73 Å². The lowest BCUT2D eigenvalue weighted by Gasteiger charge is -2.15. The molecule has 0 aliphatic rings. The highest BCUT2D eigenvalue weighted by atomic mass is 32.2. The van der Waals surface area contributed by atoms with Crippen molar-refractivity contribution in [2.75, 3.05) is 12.4 Å². The van der Waals surface area contributed by atoms with Crippen LogP contribution in [0.3, 0.4) is 0 Å². The second-order valence-corrected chi connectivity index (χ2v) is 5.73. The summed E-state index contributed by atoms with van der Waals surface area (Å²) in [5, 5.41) is 1.89. The Morgan fingerprint density at radius 3 is 2.45 bits per heavy atom. The Balaban J connectivity index is 3.30. The molecule has 0 radical (unpaired) electrons. The van der Waals surface area contributed by atoms with E-state index in [1.807, 2.05) is 4.72 Å². The van der Waals surface area contributed by atoms with Gasteiger partial charge in [-0.3, -0.25) is 0 Å². The van der Waals surface area contributed by atoms with Crippen LogP contribution in [0.15, 0.2) is 23.1 Å². The maximum Gasteiger partial charge on any atom is 0.573 e. The van der Waals surface area contributed by atoms with Crippen LogP contribution in [0, 0.1) is 0 Å². The fraction of sp³-hybridized carbons (Fsp3) is 0.222. The van der Waals surface area contributed by atoms with Gasteiger partial charge in [0.2, 0.25) is 10.0 Å². The van der Waals surface area contributed by atoms with Crippen molar-refractivity contribution < 1.29 is 26.3 Å². The van der Waals surface area contributed by atoms with E-state index in [0.717, 1.165) is 25.2 Å². The zero-order chi connectivity index (χ0) is 15.6. The van der Waals surface area contributed by atoms with E-state index in [0.29, 0.717) is 0 Å². The molecule has 0 atom stereocenters. The van der Waals surface area contributed by atoms with Gasteiger partial charge in [-0.15, -0.1) is 13.2 Å². The summed E-state index contributed by atoms with van der Waals surface area (Å²) in [5.74, 6) is -0.652. The minimum absolute atomic E-state index is 0.270. The topological polar surface area (TPSA) is 93.5 Å². The lowest BCUT2D eigenvalue weighted by molar-refractivity contribution is -0.274. The Labute approximate surface area is 118 Å². The predicted molar refractivity (Wildman–Crippen MR) is 69.8 cm³/mol. The molecule has 20 heavy (non-hydrogen) atoms. The lowest BCUT2D eigenvalue weighted by Crippen LogP contribution is -2.23. The minimum Gasteiger partial charge on any atom is -0.404 e. The largest absolute Gasteiger partial charge is 0.573 e. The van der Waals surface area contributed by atoms with Crippen molar-refractivity contribution in [3.63, 3.8) is 0 Å². The third-order valence-corrected chi connectivity index (χ3v) is 3.53. The third kappa shape index (κ3) is 4.51. The Kier molecular flexibility index (Phi) is 4.78. The van der Waals surface area contributed by atoms with Gasteiger partial charge in [0.05, 0.1) is 10.6 Å². The average molecular weight is 329 g/mol. The summed E-state index contributed by atoms with van der Waals surface area (Å²) in [5.41, 5.74) is 4.85. The first kappa shape index (κ1) is 16.5. The molecular formula is C9H10F3N3O3S2. The van der Waals surface area contributed by atoms with Gasteiger partial charge in [0.25, 0.3) is 0 Å². The van der Waals surface area contributed by atoms with Gasteiger partial charge in [-0.1, -0.05) is 0 Å². The average Bonchev–Trinajstić information content (AvgIpc) is 2.28.